The molecule has 2 aromatic heterocycles. The summed E-state index contributed by atoms with van der Waals surface area (Å²) >= 11 is 4.62. The molecule has 1 aromatic carbocycles. The van der Waals surface area contributed by atoms with Crippen LogP contribution in [0.1, 0.15) is 13.3 Å². The number of nitrogens with zero attached hydrogens (tertiary/aromatic N) is 4. The lowest BCUT2D eigenvalue weighted by molar-refractivity contribution is -0.113. The molecule has 0 aliphatic rings. The minimum Gasteiger partial charge on any atom is -0.325 e. The van der Waals surface area contributed by atoms with Crippen molar-refractivity contribution in [2.24, 2.45) is 7.05 Å². The first kappa shape index (κ1) is 18.7. The van der Waals surface area contributed by atoms with Crippen LogP contribution in [0.3, 0.4) is 0 Å². The Kier molecular flexibility index (Phi) is 5.77. The highest BCUT2D eigenvalue weighted by atomic mass is 79.9. The molecule has 0 aliphatic carbocycles. The van der Waals surface area contributed by atoms with Gasteiger partial charge in [-0.05, 0) is 24.6 Å². The van der Waals surface area contributed by atoms with E-state index in [1.165, 1.54) is 11.8 Å². The molecule has 0 aliphatic heterocycles. The van der Waals surface area contributed by atoms with Gasteiger partial charge < -0.3 is 5.32 Å². The van der Waals surface area contributed by atoms with E-state index >= 15 is 0 Å². The summed E-state index contributed by atoms with van der Waals surface area (Å²) in [5, 5.41) is 7.55. The Bertz CT molecular complexity index is 1010. The van der Waals surface area contributed by atoms with Crippen molar-refractivity contribution in [1.82, 2.24) is 19.3 Å². The number of carbonyl (C=O) groups is 1. The van der Waals surface area contributed by atoms with Crippen molar-refractivity contribution < 1.29 is 4.79 Å². The fraction of sp³-hybridized carbons (Fsp3) is 0.294. The normalized spacial score (nSPS) is 11.0. The minimum atomic E-state index is -0.174. The zero-order valence-electron chi connectivity index (χ0n) is 14.4. The van der Waals surface area contributed by atoms with Crippen LogP contribution in [-0.2, 0) is 18.4 Å². The van der Waals surface area contributed by atoms with Gasteiger partial charge >= 0.3 is 0 Å². The Morgan fingerprint density at radius 1 is 1.38 bits per heavy atom. The van der Waals surface area contributed by atoms with Crippen molar-refractivity contribution >= 4 is 50.3 Å². The smallest absolute Gasteiger partial charge is 0.282 e. The number of aromatic nitrogens is 4. The monoisotopic (exact) mass is 435 g/mol. The third-order valence-electron chi connectivity index (χ3n) is 3.59. The molecule has 0 saturated heterocycles. The van der Waals surface area contributed by atoms with Gasteiger partial charge in [0.15, 0.2) is 10.7 Å². The van der Waals surface area contributed by atoms with Gasteiger partial charge in [-0.15, -0.1) is 0 Å². The largest absolute Gasteiger partial charge is 0.325 e. The van der Waals surface area contributed by atoms with Gasteiger partial charge in [0, 0.05) is 23.8 Å². The van der Waals surface area contributed by atoms with Crippen LogP contribution in [0.4, 0.5) is 5.69 Å². The lowest BCUT2D eigenvalue weighted by Crippen LogP contribution is -2.24. The maximum Gasteiger partial charge on any atom is 0.282 e. The van der Waals surface area contributed by atoms with E-state index in [0.29, 0.717) is 28.4 Å². The maximum absolute atomic E-state index is 12.7. The first-order valence-corrected chi connectivity index (χ1v) is 9.88. The summed E-state index contributed by atoms with van der Waals surface area (Å²) in [5.41, 5.74) is 1.43. The van der Waals surface area contributed by atoms with Gasteiger partial charge in [-0.2, -0.15) is 5.10 Å². The maximum atomic E-state index is 12.7. The highest BCUT2D eigenvalue weighted by Gasteiger charge is 2.15. The van der Waals surface area contributed by atoms with Crippen molar-refractivity contribution in [1.29, 1.82) is 0 Å². The lowest BCUT2D eigenvalue weighted by Gasteiger charge is -2.10. The van der Waals surface area contributed by atoms with Gasteiger partial charge in [0.2, 0.25) is 5.91 Å². The Labute approximate surface area is 162 Å². The Hall–Kier alpha value is -2.13. The molecule has 136 valence electrons. The van der Waals surface area contributed by atoms with Gasteiger partial charge in [-0.25, -0.2) is 4.98 Å². The third-order valence-corrected chi connectivity index (χ3v) is 5.06. The van der Waals surface area contributed by atoms with Crippen LogP contribution in [0, 0.1) is 0 Å². The standard InChI is InChI=1S/C17H18BrN5O2S/c1-3-7-23-16(25)15-13(9-22(2)21-15)20-17(23)26-10-14(24)19-12-6-4-5-11(18)8-12/h4-6,8-9H,3,7,10H2,1-2H3,(H,19,24). The SMILES string of the molecule is CCCn1c(SCC(=O)Nc2cccc(Br)c2)nc2cn(C)nc2c1=O. The summed E-state index contributed by atoms with van der Waals surface area (Å²) in [6, 6.07) is 7.39. The van der Waals surface area contributed by atoms with E-state index in [1.54, 1.807) is 22.5 Å². The van der Waals surface area contributed by atoms with Crippen molar-refractivity contribution in [3.63, 3.8) is 0 Å². The van der Waals surface area contributed by atoms with Crippen LogP contribution < -0.4 is 10.9 Å². The van der Waals surface area contributed by atoms with E-state index in [0.717, 1.165) is 10.9 Å². The molecule has 0 atom stereocenters. The molecule has 0 spiro atoms. The van der Waals surface area contributed by atoms with Crippen LogP contribution in [0.5, 0.6) is 0 Å². The fourth-order valence-electron chi connectivity index (χ4n) is 2.51. The number of carbonyl (C=O) groups excluding carboxylic acids is 1. The molecule has 3 aromatic rings. The van der Waals surface area contributed by atoms with Crippen molar-refractivity contribution in [3.8, 4) is 0 Å². The van der Waals surface area contributed by atoms with Gasteiger partial charge in [0.05, 0.1) is 11.9 Å². The van der Waals surface area contributed by atoms with E-state index in [2.05, 4.69) is 31.3 Å². The molecule has 9 heteroatoms. The molecule has 0 radical (unpaired) electrons. The first-order chi connectivity index (χ1) is 12.5. The fourth-order valence-corrected chi connectivity index (χ4v) is 3.74. The van der Waals surface area contributed by atoms with E-state index < -0.39 is 0 Å². The van der Waals surface area contributed by atoms with E-state index in [1.807, 2.05) is 31.2 Å². The summed E-state index contributed by atoms with van der Waals surface area (Å²) in [4.78, 5) is 29.4. The van der Waals surface area contributed by atoms with Crippen molar-refractivity contribution in [3.05, 3.63) is 45.3 Å². The van der Waals surface area contributed by atoms with Crippen LogP contribution in [0.2, 0.25) is 0 Å². The summed E-state index contributed by atoms with van der Waals surface area (Å²) in [6.07, 6.45) is 2.50. The van der Waals surface area contributed by atoms with Crippen LogP contribution in [-0.4, -0.2) is 31.0 Å². The molecule has 0 saturated carbocycles. The van der Waals surface area contributed by atoms with Gasteiger partial charge in [-0.1, -0.05) is 40.7 Å². The number of benzene rings is 1. The number of aryl methyl sites for hydroxylation is 1. The van der Waals surface area contributed by atoms with Crippen molar-refractivity contribution in [2.45, 2.75) is 25.0 Å². The van der Waals surface area contributed by atoms with Gasteiger partial charge in [0.25, 0.3) is 5.56 Å². The number of anilines is 1. The zero-order valence-corrected chi connectivity index (χ0v) is 16.8. The van der Waals surface area contributed by atoms with Gasteiger partial charge in [-0.3, -0.25) is 18.8 Å². The molecule has 7 nitrogen and oxygen atoms in total. The zero-order chi connectivity index (χ0) is 18.7. The van der Waals surface area contributed by atoms with Crippen molar-refractivity contribution in [2.75, 3.05) is 11.1 Å². The Morgan fingerprint density at radius 3 is 2.92 bits per heavy atom. The van der Waals surface area contributed by atoms with Crippen LogP contribution in [0.25, 0.3) is 11.0 Å². The predicted octanol–water partition coefficient (Wildman–Crippen LogP) is 3.03. The average molecular weight is 436 g/mol. The molecular weight excluding hydrogens is 418 g/mol. The molecule has 0 unspecified atom stereocenters. The number of amides is 1. The third kappa shape index (κ3) is 4.16. The quantitative estimate of drug-likeness (QED) is 0.475. The predicted molar refractivity (Wildman–Crippen MR) is 107 cm³/mol. The molecule has 1 N–H and O–H groups in total. The summed E-state index contributed by atoms with van der Waals surface area (Å²) < 4.78 is 4.05. The highest BCUT2D eigenvalue weighted by Crippen LogP contribution is 2.19. The Balaban J connectivity index is 1.80. The molecule has 1 amide bonds. The average Bonchev–Trinajstić information content (AvgIpc) is 2.96. The van der Waals surface area contributed by atoms with Gasteiger partial charge in [0.1, 0.15) is 5.52 Å². The van der Waals surface area contributed by atoms with E-state index in [4.69, 9.17) is 0 Å². The molecule has 0 bridgehead atoms. The minimum absolute atomic E-state index is 0.156. The number of fused-ring (bicyclic) bond motifs is 1. The topological polar surface area (TPSA) is 81.8 Å². The summed E-state index contributed by atoms with van der Waals surface area (Å²) in [7, 11) is 1.75. The molecule has 2 heterocycles. The number of hydrogen-bond donors (Lipinski definition) is 1. The molecule has 0 fully saturated rings. The van der Waals surface area contributed by atoms with Crippen LogP contribution >= 0.6 is 27.7 Å². The summed E-state index contributed by atoms with van der Waals surface area (Å²) in [5.74, 6) is 0.00530. The van der Waals surface area contributed by atoms with Crippen LogP contribution in [0.15, 0.2) is 44.9 Å². The van der Waals surface area contributed by atoms with E-state index in [-0.39, 0.29) is 17.2 Å². The lowest BCUT2D eigenvalue weighted by atomic mass is 10.3. The second-order valence-electron chi connectivity index (χ2n) is 5.73. The number of nitrogens with one attached hydrogen (secondary N) is 1. The number of hydrogen-bond acceptors (Lipinski definition) is 5. The number of halogens is 1. The number of thioether (sulfide) groups is 1. The summed E-state index contributed by atoms with van der Waals surface area (Å²) in [6.45, 7) is 2.53. The Morgan fingerprint density at radius 2 is 2.19 bits per heavy atom. The highest BCUT2D eigenvalue weighted by molar-refractivity contribution is 9.10. The molecule has 26 heavy (non-hydrogen) atoms. The molecule has 3 rings (SSSR count). The first-order valence-electron chi connectivity index (χ1n) is 8.10. The second kappa shape index (κ2) is 8.05. The second-order valence-corrected chi connectivity index (χ2v) is 7.59. The van der Waals surface area contributed by atoms with E-state index in [9.17, 15) is 9.59 Å². The molecular formula is C17H18BrN5O2S. The number of rotatable bonds is 6.